The third-order valence-electron chi connectivity index (χ3n) is 10.1. The Labute approximate surface area is 274 Å². The molecule has 2 saturated heterocycles. The number of hydrogen-bond acceptors (Lipinski definition) is 6. The molecule has 1 N–H and O–H groups in total. The van der Waals surface area contributed by atoms with E-state index in [0.717, 1.165) is 24.3 Å². The van der Waals surface area contributed by atoms with Gasteiger partial charge in [-0.1, -0.05) is 52.0 Å². The minimum Gasteiger partial charge on any atom is -0.494 e. The van der Waals surface area contributed by atoms with E-state index in [2.05, 4.69) is 34.6 Å². The summed E-state index contributed by atoms with van der Waals surface area (Å²) in [5.74, 6) is -1.48. The minimum absolute atomic E-state index is 0.0274. The molecule has 4 aliphatic rings. The van der Waals surface area contributed by atoms with Gasteiger partial charge in [0.15, 0.2) is 0 Å². The third kappa shape index (κ3) is 5.89. The Morgan fingerprint density at radius 2 is 1.59 bits per heavy atom. The predicted octanol–water partition coefficient (Wildman–Crippen LogP) is 5.12. The molecule has 5 atom stereocenters. The maximum absolute atomic E-state index is 14.9. The van der Waals surface area contributed by atoms with Crippen LogP contribution < -0.4 is 9.64 Å². The molecule has 1 aromatic carbocycles. The molecule has 3 amide bonds. The van der Waals surface area contributed by atoms with Crippen LogP contribution in [0.1, 0.15) is 80.6 Å². The van der Waals surface area contributed by atoms with Gasteiger partial charge in [-0.25, -0.2) is 0 Å². The van der Waals surface area contributed by atoms with Gasteiger partial charge in [0, 0.05) is 37.5 Å². The van der Waals surface area contributed by atoms with E-state index in [9.17, 15) is 19.5 Å². The summed E-state index contributed by atoms with van der Waals surface area (Å²) in [6.45, 7) is 16.3. The number of carbonyl (C=O) groups is 3. The van der Waals surface area contributed by atoms with Crippen molar-refractivity contribution >= 4 is 23.4 Å². The highest BCUT2D eigenvalue weighted by Gasteiger charge is 2.75. The summed E-state index contributed by atoms with van der Waals surface area (Å²) < 4.78 is 12.8. The number of amides is 3. The van der Waals surface area contributed by atoms with Gasteiger partial charge in [-0.05, 0) is 82.6 Å². The summed E-state index contributed by atoms with van der Waals surface area (Å²) in [4.78, 5) is 49.8. The summed E-state index contributed by atoms with van der Waals surface area (Å²) in [7, 11) is 0. The first-order valence-corrected chi connectivity index (χ1v) is 17.1. The van der Waals surface area contributed by atoms with Gasteiger partial charge in [0.2, 0.25) is 17.7 Å². The van der Waals surface area contributed by atoms with Crippen molar-refractivity contribution < 1.29 is 29.0 Å². The molecule has 0 saturated carbocycles. The molecule has 2 fully saturated rings. The largest absolute Gasteiger partial charge is 0.494 e. The number of likely N-dealkylation sites (tertiary alicyclic amines) is 1. The average molecular weight is 636 g/mol. The lowest BCUT2D eigenvalue weighted by Crippen LogP contribution is -2.60. The number of rotatable bonds is 11. The van der Waals surface area contributed by atoms with Crippen molar-refractivity contribution in [3.8, 4) is 5.75 Å². The smallest absolute Gasteiger partial charge is 0.249 e. The van der Waals surface area contributed by atoms with E-state index in [1.165, 1.54) is 0 Å². The van der Waals surface area contributed by atoms with Gasteiger partial charge in [-0.2, -0.15) is 0 Å². The van der Waals surface area contributed by atoms with Crippen molar-refractivity contribution in [3.63, 3.8) is 0 Å². The van der Waals surface area contributed by atoms with Crippen LogP contribution in [0.25, 0.3) is 0 Å². The van der Waals surface area contributed by atoms with Gasteiger partial charge in [-0.3, -0.25) is 14.4 Å². The van der Waals surface area contributed by atoms with Crippen molar-refractivity contribution in [2.24, 2.45) is 17.3 Å². The van der Waals surface area contributed by atoms with Crippen molar-refractivity contribution in [2.45, 2.75) is 103 Å². The predicted molar refractivity (Wildman–Crippen MR) is 178 cm³/mol. The molecule has 0 aliphatic carbocycles. The fraction of sp³-hybridized carbons (Fsp3) is 0.649. The van der Waals surface area contributed by atoms with Crippen LogP contribution in [0, 0.1) is 17.3 Å². The maximum atomic E-state index is 14.9. The minimum atomic E-state index is -1.29. The molecule has 1 unspecified atom stereocenters. The molecule has 4 aliphatic heterocycles. The number of aliphatic hydroxyl groups is 1. The number of carbonyl (C=O) groups excluding carboxylic acids is 3. The van der Waals surface area contributed by atoms with Gasteiger partial charge in [0.1, 0.15) is 17.4 Å². The molecule has 0 radical (unpaired) electrons. The number of hydrogen-bond donors (Lipinski definition) is 1. The molecule has 0 aromatic heterocycles. The zero-order valence-corrected chi connectivity index (χ0v) is 28.8. The summed E-state index contributed by atoms with van der Waals surface area (Å²) in [5.41, 5.74) is -2.13. The quantitative estimate of drug-likeness (QED) is 0.268. The van der Waals surface area contributed by atoms with Crippen LogP contribution in [0.15, 0.2) is 48.6 Å². The van der Waals surface area contributed by atoms with Crippen molar-refractivity contribution in [1.29, 1.82) is 0 Å². The van der Waals surface area contributed by atoms with E-state index in [0.29, 0.717) is 45.5 Å². The number of anilines is 1. The van der Waals surface area contributed by atoms with Gasteiger partial charge in [0.05, 0.1) is 24.0 Å². The zero-order chi connectivity index (χ0) is 33.5. The molecule has 9 heteroatoms. The van der Waals surface area contributed by atoms with E-state index < -0.39 is 34.6 Å². The molecule has 252 valence electrons. The monoisotopic (exact) mass is 635 g/mol. The molecule has 0 bridgehead atoms. The van der Waals surface area contributed by atoms with Gasteiger partial charge < -0.3 is 29.3 Å². The van der Waals surface area contributed by atoms with Crippen molar-refractivity contribution in [2.75, 3.05) is 37.7 Å². The van der Waals surface area contributed by atoms with E-state index in [1.807, 2.05) is 67.3 Å². The summed E-state index contributed by atoms with van der Waals surface area (Å²) >= 11 is 0. The lowest BCUT2D eigenvalue weighted by Gasteiger charge is -2.45. The molecular formula is C37H53N3O6. The topological polar surface area (TPSA) is 99.6 Å². The number of unbranched alkanes of at least 4 members (excludes halogenated alkanes) is 2. The lowest BCUT2D eigenvalue weighted by molar-refractivity contribution is -0.156. The van der Waals surface area contributed by atoms with E-state index in [4.69, 9.17) is 9.47 Å². The second-order valence-corrected chi connectivity index (χ2v) is 15.1. The number of ether oxygens (including phenoxy) is 2. The molecule has 46 heavy (non-hydrogen) atoms. The summed E-state index contributed by atoms with van der Waals surface area (Å²) in [6, 6.07) is 6.56. The van der Waals surface area contributed by atoms with Crippen LogP contribution in [0.2, 0.25) is 0 Å². The highest BCUT2D eigenvalue weighted by Crippen LogP contribution is 2.59. The molecule has 1 aromatic rings. The van der Waals surface area contributed by atoms with E-state index in [-0.39, 0.29) is 29.7 Å². The maximum Gasteiger partial charge on any atom is 0.249 e. The summed E-state index contributed by atoms with van der Waals surface area (Å²) in [5, 5.41) is 9.40. The second-order valence-electron chi connectivity index (χ2n) is 15.1. The third-order valence-corrected chi connectivity index (χ3v) is 10.1. The molecule has 5 rings (SSSR count). The zero-order valence-electron chi connectivity index (χ0n) is 28.8. The average Bonchev–Trinajstić information content (AvgIpc) is 3.26. The first-order chi connectivity index (χ1) is 21.7. The first kappa shape index (κ1) is 34.2. The highest BCUT2D eigenvalue weighted by molar-refractivity contribution is 6.04. The standard InChI is InChI=1S/C37H53N3O6/c1-8-36-19-13-22-38(26-15-17-27(18-16-26)45-9-2)31(42)28(36)29-32(43)39(21-11-10-12-24-41)30-33(44)40(23-14-20-37(29,30)46-36)35(6,7)25-34(3,4)5/h13-20,28-30,41H,8-12,21-25H2,1-7H3/t28-,29-,30?,36+,37-/m0/s1. The Bertz CT molecular complexity index is 1360. The molecule has 9 nitrogen and oxygen atoms in total. The second kappa shape index (κ2) is 12.8. The summed E-state index contributed by atoms with van der Waals surface area (Å²) in [6.07, 6.45) is 11.1. The van der Waals surface area contributed by atoms with Crippen molar-refractivity contribution in [3.05, 3.63) is 48.6 Å². The van der Waals surface area contributed by atoms with E-state index >= 15 is 0 Å². The first-order valence-electron chi connectivity index (χ1n) is 17.1. The fourth-order valence-electron chi connectivity index (χ4n) is 8.63. The number of aliphatic hydroxyl groups excluding tert-OH is 1. The van der Waals surface area contributed by atoms with Crippen LogP contribution in [-0.4, -0.2) is 88.3 Å². The SMILES string of the molecule is CCOc1ccc(N2CC=C[C@@]3(CC)O[C@]45C=CCN(C(C)(C)CC(C)(C)C)C(=O)C4N(CCCCCO)C(=O)[C@@H]5[C@H]3C2=O)cc1. The van der Waals surface area contributed by atoms with Gasteiger partial charge in [0.25, 0.3) is 0 Å². The van der Waals surface area contributed by atoms with E-state index in [1.54, 1.807) is 9.80 Å². The molecule has 4 heterocycles. The highest BCUT2D eigenvalue weighted by atomic mass is 16.5. The van der Waals surface area contributed by atoms with Crippen LogP contribution in [0.5, 0.6) is 5.75 Å². The Hall–Kier alpha value is -3.17. The molecular weight excluding hydrogens is 582 g/mol. The van der Waals surface area contributed by atoms with Crippen LogP contribution >= 0.6 is 0 Å². The van der Waals surface area contributed by atoms with Crippen LogP contribution in [-0.2, 0) is 19.1 Å². The number of nitrogens with zero attached hydrogens (tertiary/aromatic N) is 3. The lowest BCUT2D eigenvalue weighted by atomic mass is 9.72. The normalized spacial score (nSPS) is 29.5. The van der Waals surface area contributed by atoms with Gasteiger partial charge in [-0.15, -0.1) is 0 Å². The number of benzene rings is 1. The van der Waals surface area contributed by atoms with Crippen LogP contribution in [0.3, 0.4) is 0 Å². The molecule has 1 spiro atoms. The Kier molecular flexibility index (Phi) is 9.50. The Balaban J connectivity index is 1.59. The Morgan fingerprint density at radius 3 is 2.22 bits per heavy atom. The fourth-order valence-corrected chi connectivity index (χ4v) is 8.63. The van der Waals surface area contributed by atoms with Gasteiger partial charge >= 0.3 is 0 Å². The Morgan fingerprint density at radius 1 is 0.891 bits per heavy atom. The van der Waals surface area contributed by atoms with Crippen molar-refractivity contribution in [1.82, 2.24) is 9.80 Å². The van der Waals surface area contributed by atoms with Crippen LogP contribution in [0.4, 0.5) is 5.69 Å². The number of fused-ring (bicyclic) bond motifs is 2.